The Morgan fingerprint density at radius 3 is 0.866 bits per heavy atom. The molecule has 22 aromatic carbocycles. The van der Waals surface area contributed by atoms with E-state index in [1.807, 2.05) is 0 Å². The molecular formula is C132H94N2. The second kappa shape index (κ2) is 31.7. The van der Waals surface area contributed by atoms with E-state index in [0.29, 0.717) is 0 Å². The van der Waals surface area contributed by atoms with Gasteiger partial charge in [-0.2, -0.15) is 0 Å². The predicted octanol–water partition coefficient (Wildman–Crippen LogP) is 34.9. The van der Waals surface area contributed by atoms with Crippen LogP contribution in [0.1, 0.15) is 94.5 Å². The lowest BCUT2D eigenvalue weighted by Gasteiger charge is -2.34. The molecule has 0 heterocycles. The maximum atomic E-state index is 2.50. The van der Waals surface area contributed by atoms with Crippen LogP contribution >= 0.6 is 0 Å². The molecule has 4 aliphatic carbocycles. The maximum absolute atomic E-state index is 2.50. The van der Waals surface area contributed by atoms with E-state index in [4.69, 9.17) is 0 Å². The van der Waals surface area contributed by atoms with Crippen LogP contribution in [0.2, 0.25) is 0 Å². The monoisotopic (exact) mass is 1710 g/mol. The summed E-state index contributed by atoms with van der Waals surface area (Å²) in [5, 5.41) is 10.1. The van der Waals surface area contributed by atoms with Gasteiger partial charge in [-0.05, 0) is 267 Å². The lowest BCUT2D eigenvalue weighted by atomic mass is 9.67. The average molecular weight is 1710 g/mol. The van der Waals surface area contributed by atoms with E-state index in [1.54, 1.807) is 0 Å². The van der Waals surface area contributed by atoms with E-state index in [-0.39, 0.29) is 10.8 Å². The molecule has 0 spiro atoms. The Bertz CT molecular complexity index is 8220. The van der Waals surface area contributed by atoms with E-state index in [1.165, 1.54) is 210 Å². The Hall–Kier alpha value is -16.5. The molecule has 4 aliphatic rings. The molecule has 2 nitrogen and oxygen atoms in total. The van der Waals surface area contributed by atoms with Gasteiger partial charge in [-0.3, -0.25) is 0 Å². The largest absolute Gasteiger partial charge is 0.310 e. The van der Waals surface area contributed by atoms with Crippen LogP contribution < -0.4 is 9.80 Å². The van der Waals surface area contributed by atoms with Crippen molar-refractivity contribution in [3.8, 4) is 89.0 Å². The normalized spacial score (nSPS) is 13.8. The van der Waals surface area contributed by atoms with Crippen molar-refractivity contribution in [2.75, 3.05) is 9.80 Å². The first kappa shape index (κ1) is 79.6. The SMILES string of the molecule is CC1(C)c2ccccc2-c2c(N(c3ccc(-c4ccc5c(c4)C(c4ccccc4)(c4ccccc4)c4ccccc4-5)cc3)c3ccc(-c4ccc5ccccc5c4)cc3)cc3ccccc3c21.CC1(C)c2ccccc2-c2c(N(c3ccc(-c4ccc5ccccc5c4)cc3)c3ccc(-c4cccc5c4-c4ccccc4C5(c4ccccc4)c4ccccc4)cc3)cc3ccccc3c21. The van der Waals surface area contributed by atoms with Crippen LogP contribution in [-0.2, 0) is 21.7 Å². The van der Waals surface area contributed by atoms with E-state index in [2.05, 4.69) is 535 Å². The first-order chi connectivity index (χ1) is 66.0. The van der Waals surface area contributed by atoms with Gasteiger partial charge in [0.1, 0.15) is 0 Å². The Morgan fingerprint density at radius 1 is 0.164 bits per heavy atom. The van der Waals surface area contributed by atoms with Crippen molar-refractivity contribution in [3.05, 3.63) is 564 Å². The molecular weight excluding hydrogens is 1610 g/mol. The van der Waals surface area contributed by atoms with Crippen LogP contribution in [0, 0.1) is 0 Å². The number of hydrogen-bond acceptors (Lipinski definition) is 2. The molecule has 134 heavy (non-hydrogen) atoms. The van der Waals surface area contributed by atoms with Gasteiger partial charge in [0.05, 0.1) is 22.2 Å². The fourth-order valence-electron chi connectivity index (χ4n) is 23.8. The third kappa shape index (κ3) is 12.5. The highest BCUT2D eigenvalue weighted by Gasteiger charge is 2.49. The van der Waals surface area contributed by atoms with Crippen molar-refractivity contribution in [1.29, 1.82) is 0 Å². The third-order valence-corrected chi connectivity index (χ3v) is 29.8. The van der Waals surface area contributed by atoms with Gasteiger partial charge in [-0.1, -0.05) is 446 Å². The standard InChI is InChI=1S/2C66H47N/c1-65(2)59-27-15-14-26-58(59)63-62(43-50-19-11-12-24-55(50)64(63)65)67(53-36-31-45(32-37-53)48-30-29-44-17-9-10-18-47(44)41-48)54-38-33-46(34-39-54)49-35-40-57-56-25-13-16-28-60(56)66(61(57)42-49,51-20-5-3-6-21-51)52-22-7-4-8-23-52;1-65(2)58-29-15-13-26-56(58)63-61(43-49-20-11-12-25-55(49)64(63)65)67(52-38-34-45(35-39-52)48-33-32-44-18-9-10-19-47(44)42-48)53-40-36-46(37-41-53)54-28-17-31-60-62(54)57-27-14-16-30-59(57)66(60,50-21-5-3-6-22-50)51-23-7-4-8-24-51/h2*3-43H,1-2H3. The quantitative estimate of drug-likeness (QED) is 0.107. The highest BCUT2D eigenvalue weighted by atomic mass is 15.2. The van der Waals surface area contributed by atoms with Crippen LogP contribution in [-0.4, -0.2) is 0 Å². The first-order valence-electron chi connectivity index (χ1n) is 47.0. The fraction of sp³-hybridized carbons (Fsp3) is 0.0606. The van der Waals surface area contributed by atoms with Crippen molar-refractivity contribution in [3.63, 3.8) is 0 Å². The molecule has 0 N–H and O–H groups in total. The molecule has 0 unspecified atom stereocenters. The zero-order valence-corrected chi connectivity index (χ0v) is 75.2. The Labute approximate surface area is 784 Å². The molecule has 0 radical (unpaired) electrons. The Morgan fingerprint density at radius 2 is 0.448 bits per heavy atom. The zero-order valence-electron chi connectivity index (χ0n) is 75.2. The molecule has 0 bridgehead atoms. The average Bonchev–Trinajstić information content (AvgIpc) is 1.56. The minimum atomic E-state index is -0.458. The Balaban J connectivity index is 0.000000143. The summed E-state index contributed by atoms with van der Waals surface area (Å²) in [6, 6.07) is 185. The molecule has 0 atom stereocenters. The molecule has 0 saturated heterocycles. The van der Waals surface area contributed by atoms with Gasteiger partial charge in [0.2, 0.25) is 0 Å². The number of nitrogens with zero attached hydrogens (tertiary/aromatic N) is 2. The van der Waals surface area contributed by atoms with Crippen LogP contribution in [0.5, 0.6) is 0 Å². The van der Waals surface area contributed by atoms with E-state index >= 15 is 0 Å². The van der Waals surface area contributed by atoms with Crippen molar-refractivity contribution in [2.24, 2.45) is 0 Å². The van der Waals surface area contributed by atoms with Gasteiger partial charge >= 0.3 is 0 Å². The summed E-state index contributed by atoms with van der Waals surface area (Å²) in [6.45, 7) is 9.58. The molecule has 0 aliphatic heterocycles. The maximum Gasteiger partial charge on any atom is 0.0713 e. The molecule has 0 amide bonds. The van der Waals surface area contributed by atoms with Crippen LogP contribution in [0.25, 0.3) is 132 Å². The summed E-state index contributed by atoms with van der Waals surface area (Å²) in [5.74, 6) is 0. The van der Waals surface area contributed by atoms with Crippen LogP contribution in [0.3, 0.4) is 0 Å². The molecule has 632 valence electrons. The number of hydrogen-bond donors (Lipinski definition) is 0. The highest BCUT2D eigenvalue weighted by Crippen LogP contribution is 2.63. The summed E-state index contributed by atoms with van der Waals surface area (Å²) in [6.07, 6.45) is 0. The third-order valence-electron chi connectivity index (χ3n) is 29.8. The summed E-state index contributed by atoms with van der Waals surface area (Å²) in [4.78, 5) is 4.99. The first-order valence-corrected chi connectivity index (χ1v) is 47.0. The predicted molar refractivity (Wildman–Crippen MR) is 564 cm³/mol. The molecule has 2 heteroatoms. The summed E-state index contributed by atoms with van der Waals surface area (Å²) < 4.78 is 0. The molecule has 26 rings (SSSR count). The van der Waals surface area contributed by atoms with Crippen molar-refractivity contribution >= 4 is 77.2 Å². The molecule has 0 aromatic heterocycles. The smallest absolute Gasteiger partial charge is 0.0713 e. The van der Waals surface area contributed by atoms with Gasteiger partial charge in [0.15, 0.2) is 0 Å². The van der Waals surface area contributed by atoms with Crippen molar-refractivity contribution in [1.82, 2.24) is 0 Å². The lowest BCUT2D eigenvalue weighted by Crippen LogP contribution is -2.28. The second-order valence-corrected chi connectivity index (χ2v) is 37.6. The minimum absolute atomic E-state index is 0.182. The zero-order chi connectivity index (χ0) is 89.4. The fourth-order valence-corrected chi connectivity index (χ4v) is 23.8. The number of fused-ring (bicyclic) bond motifs is 18. The van der Waals surface area contributed by atoms with Gasteiger partial charge < -0.3 is 9.80 Å². The topological polar surface area (TPSA) is 6.48 Å². The van der Waals surface area contributed by atoms with Crippen molar-refractivity contribution < 1.29 is 0 Å². The van der Waals surface area contributed by atoms with Crippen LogP contribution in [0.15, 0.2) is 497 Å². The lowest BCUT2D eigenvalue weighted by molar-refractivity contribution is 0.666. The van der Waals surface area contributed by atoms with Gasteiger partial charge in [0.25, 0.3) is 0 Å². The molecule has 0 saturated carbocycles. The summed E-state index contributed by atoms with van der Waals surface area (Å²) >= 11 is 0. The highest BCUT2D eigenvalue weighted by molar-refractivity contribution is 6.09. The molecule has 22 aromatic rings. The number of anilines is 6. The van der Waals surface area contributed by atoms with E-state index in [9.17, 15) is 0 Å². The second-order valence-electron chi connectivity index (χ2n) is 37.6. The van der Waals surface area contributed by atoms with Crippen molar-refractivity contribution in [2.45, 2.75) is 49.4 Å². The summed E-state index contributed by atoms with van der Waals surface area (Å²) in [7, 11) is 0. The summed E-state index contributed by atoms with van der Waals surface area (Å²) in [5.41, 5.74) is 41.4. The van der Waals surface area contributed by atoms with Gasteiger partial charge in [0, 0.05) is 44.7 Å². The van der Waals surface area contributed by atoms with Crippen LogP contribution in [0.4, 0.5) is 34.1 Å². The van der Waals surface area contributed by atoms with Gasteiger partial charge in [-0.15, -0.1) is 0 Å². The van der Waals surface area contributed by atoms with E-state index in [0.717, 1.165) is 22.7 Å². The minimum Gasteiger partial charge on any atom is -0.310 e. The van der Waals surface area contributed by atoms with E-state index < -0.39 is 10.8 Å². The number of benzene rings is 22. The Kier molecular flexibility index (Phi) is 18.8. The molecule has 0 fully saturated rings. The number of rotatable bonds is 14. The van der Waals surface area contributed by atoms with Gasteiger partial charge in [-0.25, -0.2) is 0 Å².